The minimum Gasteiger partial charge on any atom is -0.261 e. The van der Waals surface area contributed by atoms with Crippen molar-refractivity contribution < 1.29 is 8.42 Å². The van der Waals surface area contributed by atoms with E-state index < -0.39 is 10.2 Å². The number of aromatic nitrogens is 2. The normalized spacial score (nSPS) is 25.3. The van der Waals surface area contributed by atoms with Gasteiger partial charge in [0.15, 0.2) is 0 Å². The summed E-state index contributed by atoms with van der Waals surface area (Å²) in [6.45, 7) is 4.38. The van der Waals surface area contributed by atoms with E-state index in [9.17, 15) is 8.42 Å². The van der Waals surface area contributed by atoms with Gasteiger partial charge in [-0.05, 0) is 32.6 Å². The maximum Gasteiger partial charge on any atom is 0.281 e. The Kier molecular flexibility index (Phi) is 4.24. The molecule has 0 aliphatic carbocycles. The van der Waals surface area contributed by atoms with Gasteiger partial charge >= 0.3 is 0 Å². The largest absolute Gasteiger partial charge is 0.281 e. The Hall–Kier alpha value is -1.05. The molecule has 21 heavy (non-hydrogen) atoms. The molecule has 2 saturated heterocycles. The predicted octanol–water partition coefficient (Wildman–Crippen LogP) is 1.31. The van der Waals surface area contributed by atoms with E-state index in [1.807, 2.05) is 6.92 Å². The number of hydrogen-bond donors (Lipinski definition) is 0. The minimum absolute atomic E-state index is 0.156. The predicted molar refractivity (Wildman–Crippen MR) is 80.0 cm³/mol. The highest BCUT2D eigenvalue weighted by molar-refractivity contribution is 7.86. The molecule has 6 nitrogen and oxygen atoms in total. The fourth-order valence-corrected chi connectivity index (χ4v) is 4.93. The van der Waals surface area contributed by atoms with E-state index in [1.165, 1.54) is 0 Å². The molecule has 2 aliphatic rings. The summed E-state index contributed by atoms with van der Waals surface area (Å²) in [6, 6.07) is 0. The van der Waals surface area contributed by atoms with E-state index in [-0.39, 0.29) is 5.92 Å². The van der Waals surface area contributed by atoms with Crippen LogP contribution in [-0.2, 0) is 10.2 Å². The molecule has 0 aromatic carbocycles. The Labute approximate surface area is 126 Å². The first-order valence-corrected chi connectivity index (χ1v) is 9.01. The van der Waals surface area contributed by atoms with Crippen LogP contribution in [0.15, 0.2) is 12.4 Å². The Bertz CT molecular complexity index is 599. The molecule has 3 heterocycles. The maximum absolute atomic E-state index is 12.6. The van der Waals surface area contributed by atoms with Crippen LogP contribution in [0, 0.1) is 6.92 Å². The van der Waals surface area contributed by atoms with E-state index >= 15 is 0 Å². The highest BCUT2D eigenvalue weighted by atomic mass is 32.2. The van der Waals surface area contributed by atoms with Crippen molar-refractivity contribution >= 4 is 10.2 Å². The molecule has 7 heteroatoms. The summed E-state index contributed by atoms with van der Waals surface area (Å²) in [5, 5.41) is 0. The molecule has 0 unspecified atom stereocenters. The van der Waals surface area contributed by atoms with Crippen LogP contribution in [0.25, 0.3) is 0 Å². The van der Waals surface area contributed by atoms with Crippen LogP contribution in [0.5, 0.6) is 0 Å². The molecule has 1 aromatic heterocycles. The van der Waals surface area contributed by atoms with Crippen LogP contribution < -0.4 is 0 Å². The van der Waals surface area contributed by atoms with E-state index in [0.717, 1.165) is 37.1 Å². The zero-order chi connectivity index (χ0) is 14.9. The average Bonchev–Trinajstić information content (AvgIpc) is 3.02. The van der Waals surface area contributed by atoms with Gasteiger partial charge in [-0.25, -0.2) is 0 Å². The Morgan fingerprint density at radius 3 is 2.52 bits per heavy atom. The fourth-order valence-electron chi connectivity index (χ4n) is 3.16. The van der Waals surface area contributed by atoms with Gasteiger partial charge in [0.25, 0.3) is 10.2 Å². The lowest BCUT2D eigenvalue weighted by molar-refractivity contribution is 0.289. The third-order valence-corrected chi connectivity index (χ3v) is 6.30. The van der Waals surface area contributed by atoms with Gasteiger partial charge in [0, 0.05) is 44.5 Å². The molecule has 0 N–H and O–H groups in total. The van der Waals surface area contributed by atoms with Crippen LogP contribution in [0.1, 0.15) is 43.0 Å². The van der Waals surface area contributed by atoms with Crippen LogP contribution in [0.2, 0.25) is 0 Å². The van der Waals surface area contributed by atoms with Gasteiger partial charge < -0.3 is 0 Å². The first-order valence-electron chi connectivity index (χ1n) is 7.61. The molecule has 0 bridgehead atoms. The summed E-state index contributed by atoms with van der Waals surface area (Å²) < 4.78 is 28.6. The number of aryl methyl sites for hydroxylation is 1. The zero-order valence-electron chi connectivity index (χ0n) is 12.4. The third kappa shape index (κ3) is 3.09. The zero-order valence-corrected chi connectivity index (χ0v) is 13.2. The van der Waals surface area contributed by atoms with Crippen molar-refractivity contribution in [3.05, 3.63) is 23.8 Å². The van der Waals surface area contributed by atoms with Crippen LogP contribution >= 0.6 is 0 Å². The number of piperidine rings is 1. The summed E-state index contributed by atoms with van der Waals surface area (Å²) in [4.78, 5) is 8.70. The standard InChI is InChI=1S/C14H22N4O2S/c1-12-9-15-10-14(16-12)13-5-4-8-18(11-13)21(19,20)17-6-2-3-7-17/h9-10,13H,2-8,11H2,1H3/t13-/m0/s1. The van der Waals surface area contributed by atoms with Gasteiger partial charge in [-0.2, -0.15) is 17.0 Å². The summed E-state index contributed by atoms with van der Waals surface area (Å²) in [6.07, 6.45) is 7.30. The summed E-state index contributed by atoms with van der Waals surface area (Å²) in [7, 11) is -3.29. The molecule has 0 radical (unpaired) electrons. The van der Waals surface area contributed by atoms with Crippen molar-refractivity contribution in [3.63, 3.8) is 0 Å². The lowest BCUT2D eigenvalue weighted by Gasteiger charge is -2.34. The first-order chi connectivity index (χ1) is 10.1. The lowest BCUT2D eigenvalue weighted by atomic mass is 9.96. The Balaban J connectivity index is 1.76. The molecule has 2 aliphatic heterocycles. The van der Waals surface area contributed by atoms with E-state index in [4.69, 9.17) is 0 Å². The summed E-state index contributed by atoms with van der Waals surface area (Å²) in [5.74, 6) is 0.156. The Morgan fingerprint density at radius 2 is 1.81 bits per heavy atom. The van der Waals surface area contributed by atoms with Gasteiger partial charge in [-0.15, -0.1) is 0 Å². The lowest BCUT2D eigenvalue weighted by Crippen LogP contribution is -2.46. The van der Waals surface area contributed by atoms with Crippen LogP contribution in [0.4, 0.5) is 0 Å². The molecule has 3 rings (SSSR count). The number of nitrogens with zero attached hydrogens (tertiary/aromatic N) is 4. The smallest absolute Gasteiger partial charge is 0.261 e. The summed E-state index contributed by atoms with van der Waals surface area (Å²) in [5.41, 5.74) is 1.79. The van der Waals surface area contributed by atoms with Crippen molar-refractivity contribution in [1.29, 1.82) is 0 Å². The van der Waals surface area contributed by atoms with Crippen molar-refractivity contribution in [2.24, 2.45) is 0 Å². The fraction of sp³-hybridized carbons (Fsp3) is 0.714. The second-order valence-electron chi connectivity index (χ2n) is 5.90. The van der Waals surface area contributed by atoms with Crippen molar-refractivity contribution in [2.75, 3.05) is 26.2 Å². The van der Waals surface area contributed by atoms with Gasteiger partial charge in [0.2, 0.25) is 0 Å². The second-order valence-corrected chi connectivity index (χ2v) is 7.82. The van der Waals surface area contributed by atoms with Gasteiger partial charge in [0.05, 0.1) is 11.4 Å². The molecule has 0 amide bonds. The maximum atomic E-state index is 12.6. The minimum atomic E-state index is -3.29. The van der Waals surface area contributed by atoms with Gasteiger partial charge in [-0.3, -0.25) is 9.97 Å². The number of hydrogen-bond acceptors (Lipinski definition) is 4. The second kappa shape index (κ2) is 5.98. The van der Waals surface area contributed by atoms with E-state index in [1.54, 1.807) is 21.0 Å². The monoisotopic (exact) mass is 310 g/mol. The van der Waals surface area contributed by atoms with Crippen LogP contribution in [-0.4, -0.2) is 53.2 Å². The first kappa shape index (κ1) is 14.9. The van der Waals surface area contributed by atoms with E-state index in [0.29, 0.717) is 26.2 Å². The van der Waals surface area contributed by atoms with E-state index in [2.05, 4.69) is 9.97 Å². The quantitative estimate of drug-likeness (QED) is 0.844. The van der Waals surface area contributed by atoms with Crippen molar-refractivity contribution in [3.8, 4) is 0 Å². The van der Waals surface area contributed by atoms with Crippen LogP contribution in [0.3, 0.4) is 0 Å². The van der Waals surface area contributed by atoms with Gasteiger partial charge in [0.1, 0.15) is 0 Å². The average molecular weight is 310 g/mol. The molecule has 2 fully saturated rings. The molecule has 1 aromatic rings. The van der Waals surface area contributed by atoms with Gasteiger partial charge in [-0.1, -0.05) is 0 Å². The molecular weight excluding hydrogens is 288 g/mol. The molecule has 116 valence electrons. The highest BCUT2D eigenvalue weighted by Crippen LogP contribution is 2.28. The topological polar surface area (TPSA) is 66.4 Å². The molecule has 0 spiro atoms. The Morgan fingerprint density at radius 1 is 1.10 bits per heavy atom. The molecular formula is C14H22N4O2S. The number of rotatable bonds is 3. The third-order valence-electron chi connectivity index (χ3n) is 4.29. The molecule has 0 saturated carbocycles. The van der Waals surface area contributed by atoms with Crippen molar-refractivity contribution in [2.45, 2.75) is 38.5 Å². The molecule has 1 atom stereocenters. The highest BCUT2D eigenvalue weighted by Gasteiger charge is 2.35. The summed E-state index contributed by atoms with van der Waals surface area (Å²) >= 11 is 0. The SMILES string of the molecule is Cc1cncc([C@H]2CCCN(S(=O)(=O)N3CCCC3)C2)n1. The van der Waals surface area contributed by atoms with Crippen molar-refractivity contribution in [1.82, 2.24) is 18.6 Å².